The maximum Gasteiger partial charge on any atom is 0.319 e. The number of carbonyl (C=O) groups excluding carboxylic acids is 2. The monoisotopic (exact) mass is 1120 g/mol. The van der Waals surface area contributed by atoms with Crippen LogP contribution in [-0.4, -0.2) is 143 Å². The Balaban J connectivity index is 0.869. The van der Waals surface area contributed by atoms with Gasteiger partial charge in [0, 0.05) is 79.9 Å². The first-order valence-electron chi connectivity index (χ1n) is 28.5. The van der Waals surface area contributed by atoms with Crippen LogP contribution in [0, 0.1) is 18.7 Å². The SMILES string of the molecule is CCn1nccc1-c1ccc([C@@H](NC(=O)[C@@H]2C[C@@H](O)CN2C(=O)[C@H](C(C)C)n2cc(-c3ccc(COc4c(-c5c(C)c(F)cc6[nH]ncc56)c(C5CC5)cc5c(N6CCCNCC6)nc(OC[C@H](C)OC)nc45)cc3)nn2)[C@H](C)O)cc1. The Morgan fingerprint density at radius 2 is 1.72 bits per heavy atom. The van der Waals surface area contributed by atoms with Gasteiger partial charge in [0.1, 0.15) is 48.1 Å². The summed E-state index contributed by atoms with van der Waals surface area (Å²) in [7, 11) is 1.63. The zero-order valence-corrected chi connectivity index (χ0v) is 47.5. The van der Waals surface area contributed by atoms with Crippen LogP contribution < -0.4 is 25.0 Å². The number of H-pyrrole nitrogens is 1. The number of ether oxygens (including phenoxy) is 3. The highest BCUT2D eigenvalue weighted by Gasteiger charge is 2.44. The van der Waals surface area contributed by atoms with Gasteiger partial charge in [0.05, 0.1) is 48.0 Å². The minimum atomic E-state index is -0.998. The predicted molar refractivity (Wildman–Crippen MR) is 309 cm³/mol. The first-order chi connectivity index (χ1) is 39.7. The molecule has 20 nitrogen and oxygen atoms in total. The number of benzene rings is 4. The zero-order chi connectivity index (χ0) is 57.3. The zero-order valence-electron chi connectivity index (χ0n) is 47.5. The van der Waals surface area contributed by atoms with Gasteiger partial charge < -0.3 is 44.9 Å². The Bertz CT molecular complexity index is 3570. The van der Waals surface area contributed by atoms with E-state index in [1.807, 2.05) is 87.0 Å². The third-order valence-electron chi connectivity index (χ3n) is 16.2. The summed E-state index contributed by atoms with van der Waals surface area (Å²) in [6.45, 7) is 15.3. The van der Waals surface area contributed by atoms with E-state index < -0.39 is 36.2 Å². The Morgan fingerprint density at radius 1 is 0.939 bits per heavy atom. The Morgan fingerprint density at radius 3 is 2.45 bits per heavy atom. The van der Waals surface area contributed by atoms with Crippen molar-refractivity contribution in [2.75, 3.05) is 51.3 Å². The number of β-amino-alcohol motifs (C(OH)–C–C–N with tert-alkyl or cyclic N) is 1. The van der Waals surface area contributed by atoms with E-state index in [4.69, 9.17) is 24.2 Å². The first-order valence-corrected chi connectivity index (χ1v) is 28.5. The van der Waals surface area contributed by atoms with Gasteiger partial charge in [-0.3, -0.25) is 19.4 Å². The molecule has 21 heteroatoms. The average molecular weight is 1120 g/mol. The van der Waals surface area contributed by atoms with Gasteiger partial charge >= 0.3 is 6.01 Å². The lowest BCUT2D eigenvalue weighted by Crippen LogP contribution is -2.50. The number of rotatable bonds is 20. The molecule has 82 heavy (non-hydrogen) atoms. The van der Waals surface area contributed by atoms with Gasteiger partial charge in [0.15, 0.2) is 5.75 Å². The van der Waals surface area contributed by atoms with Crippen LogP contribution in [0.5, 0.6) is 11.8 Å². The number of likely N-dealkylation sites (tertiary alicyclic amines) is 1. The molecule has 2 saturated heterocycles. The van der Waals surface area contributed by atoms with Crippen molar-refractivity contribution >= 4 is 39.4 Å². The Kier molecular flexibility index (Phi) is 16.4. The number of nitrogens with one attached hydrogen (secondary N) is 3. The number of hydrogen-bond donors (Lipinski definition) is 5. The standard InChI is InChI=1S/C61H72FN13O7/c1-8-74-50(20-22-65-74)41-16-18-42(19-17-41)54(37(6)76)66-59(78)51-26-43(77)30-73(51)60(79)56(34(2)3)75-31-49(70-71-75)40-12-10-38(11-13-40)33-81-57-53(52-36(5)47(62)28-48-46(52)29-64-69-48)44(39-14-15-39)27-45-55(57)67-61(82-32-35(4)80-7)68-58(45)72-24-9-21-63-23-25-72/h10-13,16-20,22,27-29,31,34-35,37,39,43,51,54,56,63,76-77H,8-9,14-15,21,23-26,30,32-33H2,1-7H3,(H,64,69)(H,66,78)/t35-,37-,43+,51-,54-,56-/m0/s1. The quantitative estimate of drug-likeness (QED) is 0.0489. The van der Waals surface area contributed by atoms with Gasteiger partial charge in [-0.1, -0.05) is 67.6 Å². The molecule has 0 radical (unpaired) electrons. The lowest BCUT2D eigenvalue weighted by atomic mass is 9.88. The first kappa shape index (κ1) is 56.0. The van der Waals surface area contributed by atoms with Crippen LogP contribution in [0.3, 0.4) is 0 Å². The number of carbonyl (C=O) groups is 2. The van der Waals surface area contributed by atoms with Crippen LogP contribution in [0.15, 0.2) is 85.3 Å². The fraction of sp³-hybridized carbons (Fsp3) is 0.443. The third-order valence-corrected chi connectivity index (χ3v) is 16.2. The largest absolute Gasteiger partial charge is 0.486 e. The summed E-state index contributed by atoms with van der Waals surface area (Å²) >= 11 is 0. The number of nitrogens with zero attached hydrogens (tertiary/aromatic N) is 10. The number of methoxy groups -OCH3 is 1. The van der Waals surface area contributed by atoms with Gasteiger partial charge in [-0.2, -0.15) is 20.2 Å². The molecule has 8 aromatic rings. The summed E-state index contributed by atoms with van der Waals surface area (Å²) < 4.78 is 38.5. The lowest BCUT2D eigenvalue weighted by molar-refractivity contribution is -0.143. The molecule has 0 unspecified atom stereocenters. The van der Waals surface area contributed by atoms with Crippen molar-refractivity contribution in [1.82, 2.24) is 60.5 Å². The summed E-state index contributed by atoms with van der Waals surface area (Å²) in [4.78, 5) is 42.8. The predicted octanol–water partition coefficient (Wildman–Crippen LogP) is 7.83. The molecule has 6 heterocycles. The van der Waals surface area contributed by atoms with E-state index in [0.29, 0.717) is 45.7 Å². The number of hydrogen-bond acceptors (Lipinski definition) is 15. The molecule has 0 spiro atoms. The summed E-state index contributed by atoms with van der Waals surface area (Å²) in [6, 6.07) is 18.5. The molecule has 11 rings (SSSR count). The van der Waals surface area contributed by atoms with Crippen molar-refractivity contribution in [1.29, 1.82) is 0 Å². The number of anilines is 1. The van der Waals surface area contributed by atoms with Gasteiger partial charge in [0.2, 0.25) is 11.8 Å². The molecule has 2 amide bonds. The van der Waals surface area contributed by atoms with Crippen LogP contribution in [-0.2, 0) is 27.5 Å². The smallest absolute Gasteiger partial charge is 0.319 e. The van der Waals surface area contributed by atoms with E-state index in [0.717, 1.165) is 95.5 Å². The molecule has 1 aliphatic carbocycles. The minimum Gasteiger partial charge on any atom is -0.486 e. The summed E-state index contributed by atoms with van der Waals surface area (Å²) in [5.74, 6) is -0.0758. The Hall–Kier alpha value is -7.85. The summed E-state index contributed by atoms with van der Waals surface area (Å²) in [5.41, 5.74) is 8.74. The lowest BCUT2D eigenvalue weighted by Gasteiger charge is -2.31. The van der Waals surface area contributed by atoms with E-state index in [9.17, 15) is 19.8 Å². The molecule has 2 aliphatic heterocycles. The highest BCUT2D eigenvalue weighted by molar-refractivity contribution is 6.06. The number of aliphatic hydroxyl groups is 2. The normalized spacial score (nSPS) is 18.2. The van der Waals surface area contributed by atoms with Gasteiger partial charge in [-0.05, 0) is 111 Å². The molecule has 4 aromatic carbocycles. The molecular weight excluding hydrogens is 1050 g/mol. The highest BCUT2D eigenvalue weighted by atomic mass is 19.1. The maximum absolute atomic E-state index is 16.1. The summed E-state index contributed by atoms with van der Waals surface area (Å²) in [5, 5.41) is 50.7. The van der Waals surface area contributed by atoms with Crippen LogP contribution in [0.4, 0.5) is 10.2 Å². The van der Waals surface area contributed by atoms with Crippen molar-refractivity contribution in [3.05, 3.63) is 113 Å². The van der Waals surface area contributed by atoms with Gasteiger partial charge in [-0.15, -0.1) is 5.10 Å². The van der Waals surface area contributed by atoms with Crippen LogP contribution in [0.25, 0.3) is 55.4 Å². The van der Waals surface area contributed by atoms with Gasteiger partial charge in [-0.25, -0.2) is 9.07 Å². The number of halogens is 1. The van der Waals surface area contributed by atoms with E-state index >= 15 is 4.39 Å². The molecule has 6 atom stereocenters. The topological polar surface area (TPSA) is 236 Å². The number of aryl methyl sites for hydroxylation is 1. The van der Waals surface area contributed by atoms with E-state index in [1.165, 1.54) is 15.6 Å². The number of amides is 2. The summed E-state index contributed by atoms with van der Waals surface area (Å²) in [6.07, 6.45) is 5.97. The molecule has 430 valence electrons. The maximum atomic E-state index is 16.1. The highest BCUT2D eigenvalue weighted by Crippen LogP contribution is 2.53. The molecule has 3 aliphatic rings. The van der Waals surface area contributed by atoms with Crippen molar-refractivity contribution in [2.45, 2.75) is 123 Å². The van der Waals surface area contributed by atoms with Crippen molar-refractivity contribution < 1.29 is 38.4 Å². The van der Waals surface area contributed by atoms with Gasteiger partial charge in [0.25, 0.3) is 0 Å². The van der Waals surface area contributed by atoms with Crippen molar-refractivity contribution in [3.8, 4) is 45.4 Å². The molecule has 1 saturated carbocycles. The molecular formula is C61H72FN13O7. The van der Waals surface area contributed by atoms with E-state index in [2.05, 4.69) is 47.2 Å². The minimum absolute atomic E-state index is 0.0324. The van der Waals surface area contributed by atoms with E-state index in [-0.39, 0.29) is 61.9 Å². The fourth-order valence-corrected chi connectivity index (χ4v) is 11.5. The van der Waals surface area contributed by atoms with Crippen LogP contribution in [0.2, 0.25) is 0 Å². The number of aliphatic hydroxyl groups excluding tert-OH is 2. The molecule has 3 fully saturated rings. The Labute approximate surface area is 475 Å². The number of aromatic amines is 1. The van der Waals surface area contributed by atoms with Crippen LogP contribution >= 0.6 is 0 Å². The second-order valence-electron chi connectivity index (χ2n) is 22.3. The van der Waals surface area contributed by atoms with Crippen molar-refractivity contribution in [2.24, 2.45) is 5.92 Å². The number of aromatic nitrogens is 9. The molecule has 4 aromatic heterocycles. The van der Waals surface area contributed by atoms with E-state index in [1.54, 1.807) is 39.5 Å². The second-order valence-corrected chi connectivity index (χ2v) is 22.3. The third kappa shape index (κ3) is 11.4. The van der Waals surface area contributed by atoms with Crippen molar-refractivity contribution in [3.63, 3.8) is 0 Å². The van der Waals surface area contributed by atoms with Crippen LogP contribution in [0.1, 0.15) is 101 Å². The average Bonchev–Trinajstić information content (AvgIpc) is 3.76. The second kappa shape index (κ2) is 23.9. The molecule has 0 bridgehead atoms. The molecule has 5 N–H and O–H groups in total. The number of fused-ring (bicyclic) bond motifs is 2. The fourth-order valence-electron chi connectivity index (χ4n) is 11.5.